The molecule has 4 N–H and O–H groups in total. The molecule has 0 bridgehead atoms. The lowest BCUT2D eigenvalue weighted by atomic mass is 9.83. The molecule has 8 heteroatoms. The second kappa shape index (κ2) is 8.07. The maximum atomic E-state index is 12.4. The van der Waals surface area contributed by atoms with E-state index in [0.29, 0.717) is 11.3 Å². The summed E-state index contributed by atoms with van der Waals surface area (Å²) in [6.07, 6.45) is 0. The molecule has 1 aromatic rings. The summed E-state index contributed by atoms with van der Waals surface area (Å²) in [5.41, 5.74) is 11.8. The Morgan fingerprint density at radius 1 is 1.31 bits per heavy atom. The number of amides is 1. The van der Waals surface area contributed by atoms with Gasteiger partial charge in [-0.3, -0.25) is 4.79 Å². The third kappa shape index (κ3) is 3.95. The van der Waals surface area contributed by atoms with Crippen molar-refractivity contribution in [1.82, 2.24) is 0 Å². The van der Waals surface area contributed by atoms with Gasteiger partial charge < -0.3 is 25.7 Å². The zero-order valence-electron chi connectivity index (χ0n) is 14.4. The Morgan fingerprint density at radius 3 is 2.50 bits per heavy atom. The van der Waals surface area contributed by atoms with Crippen molar-refractivity contribution in [2.75, 3.05) is 13.2 Å². The van der Waals surface area contributed by atoms with Gasteiger partial charge in [0.05, 0.1) is 18.1 Å². The number of nitrogens with two attached hydrogens (primary N) is 2. The summed E-state index contributed by atoms with van der Waals surface area (Å²) in [7, 11) is 0. The molecule has 1 aromatic carbocycles. The lowest BCUT2D eigenvalue weighted by molar-refractivity contribution is -0.139. The molecule has 0 aliphatic carbocycles. The summed E-state index contributed by atoms with van der Waals surface area (Å²) in [4.78, 5) is 23.2. The molecule has 136 valence electrons. The van der Waals surface area contributed by atoms with Crippen molar-refractivity contribution in [3.63, 3.8) is 0 Å². The fraction of sp³-hybridized carbons (Fsp3) is 0.278. The highest BCUT2D eigenvalue weighted by molar-refractivity contribution is 5.92. The van der Waals surface area contributed by atoms with Crippen LogP contribution in [0, 0.1) is 11.3 Å². The summed E-state index contributed by atoms with van der Waals surface area (Å²) in [5.74, 6) is -1.25. The van der Waals surface area contributed by atoms with Gasteiger partial charge in [0, 0.05) is 0 Å². The maximum absolute atomic E-state index is 12.4. The van der Waals surface area contributed by atoms with Gasteiger partial charge >= 0.3 is 5.97 Å². The van der Waals surface area contributed by atoms with Gasteiger partial charge in [0.1, 0.15) is 23.2 Å². The molecule has 1 amide bonds. The van der Waals surface area contributed by atoms with Gasteiger partial charge in [0.2, 0.25) is 5.88 Å². The van der Waals surface area contributed by atoms with Crippen molar-refractivity contribution in [3.8, 4) is 11.8 Å². The number of carbonyl (C=O) groups excluding carboxylic acids is 2. The van der Waals surface area contributed by atoms with E-state index in [1.165, 1.54) is 0 Å². The number of carbonyl (C=O) groups is 2. The highest BCUT2D eigenvalue weighted by Gasteiger charge is 2.36. The lowest BCUT2D eigenvalue weighted by Gasteiger charge is -2.26. The average molecular weight is 357 g/mol. The van der Waals surface area contributed by atoms with E-state index in [2.05, 4.69) is 0 Å². The number of rotatable bonds is 6. The third-order valence-corrected chi connectivity index (χ3v) is 3.70. The first-order valence-electron chi connectivity index (χ1n) is 7.85. The van der Waals surface area contributed by atoms with E-state index < -0.39 is 17.8 Å². The van der Waals surface area contributed by atoms with Crippen LogP contribution in [0.3, 0.4) is 0 Å². The van der Waals surface area contributed by atoms with E-state index in [0.717, 1.165) is 0 Å². The lowest BCUT2D eigenvalue weighted by Crippen LogP contribution is -2.25. The van der Waals surface area contributed by atoms with Gasteiger partial charge in [-0.1, -0.05) is 12.1 Å². The molecule has 26 heavy (non-hydrogen) atoms. The molecule has 1 atom stereocenters. The molecule has 0 saturated carbocycles. The Bertz CT molecular complexity index is 818. The van der Waals surface area contributed by atoms with Crippen molar-refractivity contribution in [3.05, 3.63) is 52.6 Å². The van der Waals surface area contributed by atoms with E-state index in [9.17, 15) is 14.9 Å². The number of hydrogen-bond donors (Lipinski definition) is 2. The van der Waals surface area contributed by atoms with E-state index in [4.69, 9.17) is 25.7 Å². The second-order valence-electron chi connectivity index (χ2n) is 5.44. The summed E-state index contributed by atoms with van der Waals surface area (Å²) < 4.78 is 15.7. The van der Waals surface area contributed by atoms with Crippen molar-refractivity contribution in [1.29, 1.82) is 5.26 Å². The zero-order valence-corrected chi connectivity index (χ0v) is 14.4. The number of primary amides is 1. The van der Waals surface area contributed by atoms with E-state index in [1.54, 1.807) is 38.1 Å². The van der Waals surface area contributed by atoms with Crippen LogP contribution < -0.4 is 16.2 Å². The molecule has 0 spiro atoms. The first-order valence-corrected chi connectivity index (χ1v) is 7.85. The molecule has 8 nitrogen and oxygen atoms in total. The highest BCUT2D eigenvalue weighted by Crippen LogP contribution is 2.39. The molecule has 2 rings (SSSR count). The van der Waals surface area contributed by atoms with Crippen molar-refractivity contribution >= 4 is 11.9 Å². The van der Waals surface area contributed by atoms with Gasteiger partial charge in [-0.25, -0.2) is 4.79 Å². The highest BCUT2D eigenvalue weighted by atomic mass is 16.5. The van der Waals surface area contributed by atoms with Crippen LogP contribution in [0.1, 0.15) is 25.3 Å². The van der Waals surface area contributed by atoms with Crippen LogP contribution in [0.2, 0.25) is 0 Å². The third-order valence-electron chi connectivity index (χ3n) is 3.70. The number of hydrogen-bond acceptors (Lipinski definition) is 7. The first-order chi connectivity index (χ1) is 12.4. The fourth-order valence-electron chi connectivity index (χ4n) is 2.60. The molecule has 0 unspecified atom stereocenters. The number of benzene rings is 1. The molecule has 1 heterocycles. The topological polar surface area (TPSA) is 138 Å². The van der Waals surface area contributed by atoms with Crippen molar-refractivity contribution in [2.45, 2.75) is 19.8 Å². The molecular weight excluding hydrogens is 338 g/mol. The van der Waals surface area contributed by atoms with Crippen molar-refractivity contribution in [2.24, 2.45) is 11.5 Å². The molecular formula is C18H19N3O5. The second-order valence-corrected chi connectivity index (χ2v) is 5.44. The van der Waals surface area contributed by atoms with Crippen LogP contribution in [0.15, 0.2) is 47.1 Å². The van der Waals surface area contributed by atoms with Crippen LogP contribution in [0.5, 0.6) is 5.75 Å². The number of esters is 1. The summed E-state index contributed by atoms with van der Waals surface area (Å²) in [5, 5.41) is 9.49. The molecule has 0 aromatic heterocycles. The predicted molar refractivity (Wildman–Crippen MR) is 91.1 cm³/mol. The quantitative estimate of drug-likeness (QED) is 0.729. The molecule has 0 saturated heterocycles. The summed E-state index contributed by atoms with van der Waals surface area (Å²) >= 11 is 0. The van der Waals surface area contributed by atoms with Crippen LogP contribution in [0.25, 0.3) is 0 Å². The monoisotopic (exact) mass is 357 g/mol. The van der Waals surface area contributed by atoms with Gasteiger partial charge in [-0.05, 0) is 31.5 Å². The van der Waals surface area contributed by atoms with Crippen LogP contribution in [0.4, 0.5) is 0 Å². The first kappa shape index (κ1) is 18.9. The summed E-state index contributed by atoms with van der Waals surface area (Å²) in [6, 6.07) is 8.56. The number of nitriles is 1. The number of nitrogens with zero attached hydrogens (tertiary/aromatic N) is 1. The van der Waals surface area contributed by atoms with Crippen LogP contribution in [-0.4, -0.2) is 25.1 Å². The normalized spacial score (nSPS) is 16.6. The minimum absolute atomic E-state index is 0.0582. The standard InChI is InChI=1S/C18H19N3O5/c1-3-24-18(23)15-10(2)26-17(21)13(8-19)16(15)11-4-6-12(7-5-11)25-9-14(20)22/h4-7,16H,3,9,21H2,1-2H3,(H2,20,22)/t16-/m0/s1. The predicted octanol–water partition coefficient (Wildman–Crippen LogP) is 1.20. The zero-order chi connectivity index (χ0) is 19.3. The Kier molecular flexibility index (Phi) is 5.86. The number of ether oxygens (including phenoxy) is 3. The van der Waals surface area contributed by atoms with E-state index in [-0.39, 0.29) is 36.0 Å². The molecule has 1 aliphatic heterocycles. The Hall–Kier alpha value is -3.47. The summed E-state index contributed by atoms with van der Waals surface area (Å²) in [6.45, 7) is 3.21. The number of allylic oxidation sites excluding steroid dienone is 2. The van der Waals surface area contributed by atoms with Crippen LogP contribution in [-0.2, 0) is 19.1 Å². The fourth-order valence-corrected chi connectivity index (χ4v) is 2.60. The maximum Gasteiger partial charge on any atom is 0.338 e. The Morgan fingerprint density at radius 2 is 1.96 bits per heavy atom. The van der Waals surface area contributed by atoms with E-state index in [1.807, 2.05) is 6.07 Å². The Balaban J connectivity index is 2.43. The Labute approximate surface area is 150 Å². The minimum atomic E-state index is -0.724. The molecule has 0 radical (unpaired) electrons. The molecule has 0 fully saturated rings. The van der Waals surface area contributed by atoms with Crippen molar-refractivity contribution < 1.29 is 23.8 Å². The van der Waals surface area contributed by atoms with Gasteiger partial charge in [-0.2, -0.15) is 5.26 Å². The largest absolute Gasteiger partial charge is 0.484 e. The van der Waals surface area contributed by atoms with E-state index >= 15 is 0 Å². The average Bonchev–Trinajstić information content (AvgIpc) is 2.60. The van der Waals surface area contributed by atoms with Gasteiger partial charge in [0.15, 0.2) is 6.61 Å². The SMILES string of the molecule is CCOC(=O)C1=C(C)OC(N)=C(C#N)[C@@H]1c1ccc(OCC(N)=O)cc1. The smallest absolute Gasteiger partial charge is 0.338 e. The van der Waals surface area contributed by atoms with Gasteiger partial charge in [-0.15, -0.1) is 0 Å². The van der Waals surface area contributed by atoms with Crippen LogP contribution >= 0.6 is 0 Å². The van der Waals surface area contributed by atoms with Gasteiger partial charge in [0.25, 0.3) is 5.91 Å². The minimum Gasteiger partial charge on any atom is -0.484 e. The molecule has 1 aliphatic rings.